The van der Waals surface area contributed by atoms with Gasteiger partial charge in [0, 0.05) is 0 Å². The lowest BCUT2D eigenvalue weighted by molar-refractivity contribution is 0.0736. The Morgan fingerprint density at radius 1 is 1.06 bits per heavy atom. The van der Waals surface area contributed by atoms with Crippen LogP contribution in [0.1, 0.15) is 54.4 Å². The van der Waals surface area contributed by atoms with Crippen LogP contribution in [-0.2, 0) is 0 Å². The molecule has 1 aliphatic rings. The van der Waals surface area contributed by atoms with Crippen molar-refractivity contribution < 1.29 is 0 Å². The van der Waals surface area contributed by atoms with Crippen molar-refractivity contribution in [1.82, 2.24) is 0 Å². The first-order valence-electron chi connectivity index (χ1n) is 7.01. The van der Waals surface area contributed by atoms with Gasteiger partial charge in [0.1, 0.15) is 0 Å². The van der Waals surface area contributed by atoms with Gasteiger partial charge < -0.3 is 0 Å². The highest BCUT2D eigenvalue weighted by molar-refractivity contribution is 4.98. The lowest BCUT2D eigenvalue weighted by Crippen LogP contribution is -2.35. The van der Waals surface area contributed by atoms with Crippen LogP contribution >= 0.6 is 0 Å². The maximum atomic E-state index is 4.13. The van der Waals surface area contributed by atoms with Crippen LogP contribution in [0.15, 0.2) is 12.2 Å². The maximum Gasteiger partial charge on any atom is -0.0209 e. The SMILES string of the molecule is C=C(C)C(C)C(C)C1CCC(C)C(C)C1C. The Morgan fingerprint density at radius 3 is 2.12 bits per heavy atom. The summed E-state index contributed by atoms with van der Waals surface area (Å²) in [6.07, 6.45) is 2.84. The molecule has 1 aliphatic carbocycles. The van der Waals surface area contributed by atoms with E-state index in [1.54, 1.807) is 0 Å². The van der Waals surface area contributed by atoms with Gasteiger partial charge >= 0.3 is 0 Å². The third-order valence-corrected chi connectivity index (χ3v) is 5.60. The lowest BCUT2D eigenvalue weighted by atomic mass is 9.62. The fourth-order valence-electron chi connectivity index (χ4n) is 3.45. The van der Waals surface area contributed by atoms with Crippen molar-refractivity contribution in [3.63, 3.8) is 0 Å². The molecule has 0 heteroatoms. The Kier molecular flexibility index (Phi) is 4.64. The molecule has 0 nitrogen and oxygen atoms in total. The summed E-state index contributed by atoms with van der Waals surface area (Å²) in [4.78, 5) is 0. The Morgan fingerprint density at radius 2 is 1.62 bits per heavy atom. The molecule has 0 aliphatic heterocycles. The van der Waals surface area contributed by atoms with Crippen LogP contribution in [0.3, 0.4) is 0 Å². The first-order valence-corrected chi connectivity index (χ1v) is 7.01. The highest BCUT2D eigenvalue weighted by Crippen LogP contribution is 2.44. The molecule has 16 heavy (non-hydrogen) atoms. The van der Waals surface area contributed by atoms with E-state index in [-0.39, 0.29) is 0 Å². The summed E-state index contributed by atoms with van der Waals surface area (Å²) < 4.78 is 0. The third-order valence-electron chi connectivity index (χ3n) is 5.60. The zero-order valence-electron chi connectivity index (χ0n) is 12.1. The molecule has 0 aromatic heterocycles. The largest absolute Gasteiger partial charge is 0.0999 e. The van der Waals surface area contributed by atoms with Crippen molar-refractivity contribution in [2.45, 2.75) is 54.4 Å². The van der Waals surface area contributed by atoms with Gasteiger partial charge in [0.05, 0.1) is 0 Å². The zero-order chi connectivity index (χ0) is 12.5. The summed E-state index contributed by atoms with van der Waals surface area (Å²) in [6.45, 7) is 18.4. The van der Waals surface area contributed by atoms with Gasteiger partial charge in [-0.25, -0.2) is 0 Å². The van der Waals surface area contributed by atoms with Gasteiger partial charge in [-0.3, -0.25) is 0 Å². The smallest absolute Gasteiger partial charge is 0.0209 e. The average Bonchev–Trinajstić information content (AvgIpc) is 2.24. The van der Waals surface area contributed by atoms with E-state index in [0.717, 1.165) is 29.6 Å². The molecule has 94 valence electrons. The molecule has 6 atom stereocenters. The molecule has 6 unspecified atom stereocenters. The summed E-state index contributed by atoms with van der Waals surface area (Å²) in [5.74, 6) is 5.05. The van der Waals surface area contributed by atoms with E-state index in [1.807, 2.05) is 0 Å². The van der Waals surface area contributed by atoms with Gasteiger partial charge in [-0.05, 0) is 48.9 Å². The summed E-state index contributed by atoms with van der Waals surface area (Å²) >= 11 is 0. The highest BCUT2D eigenvalue weighted by atomic mass is 14.4. The summed E-state index contributed by atoms with van der Waals surface area (Å²) in [6, 6.07) is 0. The van der Waals surface area contributed by atoms with Crippen LogP contribution in [0.5, 0.6) is 0 Å². The van der Waals surface area contributed by atoms with Crippen LogP contribution in [0.4, 0.5) is 0 Å². The molecule has 0 amide bonds. The van der Waals surface area contributed by atoms with Gasteiger partial charge in [-0.15, -0.1) is 0 Å². The standard InChI is InChI=1S/C16H30/c1-10(2)12(4)14(6)16-9-8-11(3)13(5)15(16)7/h11-16H,1,8-9H2,2-7H3. The van der Waals surface area contributed by atoms with Crippen molar-refractivity contribution in [3.8, 4) is 0 Å². The molecule has 0 N–H and O–H groups in total. The van der Waals surface area contributed by atoms with E-state index < -0.39 is 0 Å². The van der Waals surface area contributed by atoms with Crippen molar-refractivity contribution in [1.29, 1.82) is 0 Å². The van der Waals surface area contributed by atoms with Gasteiger partial charge in [-0.2, -0.15) is 0 Å². The Balaban J connectivity index is 2.70. The van der Waals surface area contributed by atoms with Crippen LogP contribution in [0, 0.1) is 35.5 Å². The molecule has 1 saturated carbocycles. The molecule has 0 spiro atoms. The molecular formula is C16H30. The molecule has 1 fully saturated rings. The van der Waals surface area contributed by atoms with Gasteiger partial charge in [0.25, 0.3) is 0 Å². The van der Waals surface area contributed by atoms with Gasteiger partial charge in [0.15, 0.2) is 0 Å². The third kappa shape index (κ3) is 2.70. The predicted molar refractivity (Wildman–Crippen MR) is 73.4 cm³/mol. The summed E-state index contributed by atoms with van der Waals surface area (Å²) in [5, 5.41) is 0. The van der Waals surface area contributed by atoms with Crippen molar-refractivity contribution in [2.75, 3.05) is 0 Å². The fourth-order valence-corrected chi connectivity index (χ4v) is 3.45. The molecule has 0 bridgehead atoms. The van der Waals surface area contributed by atoms with Crippen LogP contribution in [0.2, 0.25) is 0 Å². The summed E-state index contributed by atoms with van der Waals surface area (Å²) in [7, 11) is 0. The van der Waals surface area contributed by atoms with Crippen LogP contribution in [-0.4, -0.2) is 0 Å². The highest BCUT2D eigenvalue weighted by Gasteiger charge is 2.36. The second kappa shape index (κ2) is 5.38. The van der Waals surface area contributed by atoms with E-state index >= 15 is 0 Å². The maximum absolute atomic E-state index is 4.13. The second-order valence-corrected chi connectivity index (χ2v) is 6.43. The van der Waals surface area contributed by atoms with Gasteiger partial charge in [-0.1, -0.05) is 53.2 Å². The normalized spacial score (nSPS) is 39.1. The topological polar surface area (TPSA) is 0 Å². The molecule has 0 aromatic rings. The van der Waals surface area contributed by atoms with E-state index in [0.29, 0.717) is 5.92 Å². The quantitative estimate of drug-likeness (QED) is 0.579. The average molecular weight is 222 g/mol. The van der Waals surface area contributed by atoms with Crippen molar-refractivity contribution >= 4 is 0 Å². The molecular weight excluding hydrogens is 192 g/mol. The molecule has 0 saturated heterocycles. The minimum absolute atomic E-state index is 0.674. The Hall–Kier alpha value is -0.260. The zero-order valence-corrected chi connectivity index (χ0v) is 12.1. The minimum Gasteiger partial charge on any atom is -0.0999 e. The van der Waals surface area contributed by atoms with Crippen molar-refractivity contribution in [2.24, 2.45) is 35.5 Å². The van der Waals surface area contributed by atoms with E-state index in [4.69, 9.17) is 0 Å². The monoisotopic (exact) mass is 222 g/mol. The van der Waals surface area contributed by atoms with Crippen LogP contribution < -0.4 is 0 Å². The first kappa shape index (κ1) is 13.8. The predicted octanol–water partition coefficient (Wildman–Crippen LogP) is 5.15. The molecule has 0 heterocycles. The number of allylic oxidation sites excluding steroid dienone is 1. The van der Waals surface area contributed by atoms with Crippen LogP contribution in [0.25, 0.3) is 0 Å². The molecule has 1 rings (SSSR count). The number of hydrogen-bond donors (Lipinski definition) is 0. The number of rotatable bonds is 3. The Bertz CT molecular complexity index is 240. The van der Waals surface area contributed by atoms with Crippen molar-refractivity contribution in [3.05, 3.63) is 12.2 Å². The summed E-state index contributed by atoms with van der Waals surface area (Å²) in [5.41, 5.74) is 1.35. The number of hydrogen-bond acceptors (Lipinski definition) is 0. The first-order chi connectivity index (χ1) is 7.36. The van der Waals surface area contributed by atoms with Gasteiger partial charge in [0.2, 0.25) is 0 Å². The minimum atomic E-state index is 0.674. The lowest BCUT2D eigenvalue weighted by Gasteiger charge is -2.43. The fraction of sp³-hybridized carbons (Fsp3) is 0.875. The molecule has 0 aromatic carbocycles. The van der Waals surface area contributed by atoms with E-state index in [1.165, 1.54) is 18.4 Å². The Labute approximate surface area is 103 Å². The van der Waals surface area contributed by atoms with E-state index in [9.17, 15) is 0 Å². The molecule has 0 radical (unpaired) electrons. The second-order valence-electron chi connectivity index (χ2n) is 6.43. The van der Waals surface area contributed by atoms with E-state index in [2.05, 4.69) is 48.1 Å².